The summed E-state index contributed by atoms with van der Waals surface area (Å²) in [4.78, 5) is 9.20. The van der Waals surface area contributed by atoms with Gasteiger partial charge in [0.15, 0.2) is 0 Å². The molecule has 2 heterocycles. The van der Waals surface area contributed by atoms with Crippen LogP contribution >= 0.6 is 0 Å². The molecule has 0 fully saturated rings. The number of aromatic nitrogens is 2. The maximum absolute atomic E-state index is 4.60. The van der Waals surface area contributed by atoms with Crippen LogP contribution in [0.2, 0.25) is 13.6 Å². The summed E-state index contributed by atoms with van der Waals surface area (Å²) in [6.07, 6.45) is 3.66. The van der Waals surface area contributed by atoms with Crippen LogP contribution in [-0.4, -0.2) is 25.7 Å². The molecule has 0 saturated heterocycles. The van der Waals surface area contributed by atoms with Crippen LogP contribution in [0.5, 0.6) is 0 Å². The normalized spacial score (nSPS) is 8.44. The molecule has 6 rings (SSSR count). The first-order valence-corrected chi connectivity index (χ1v) is 16.9. The Balaban J connectivity index is -0.00000144. The maximum atomic E-state index is 4.60. The molecule has 0 aliphatic rings. The number of rotatable bonds is 5. The van der Waals surface area contributed by atoms with Crippen molar-refractivity contribution < 1.29 is 65.4 Å². The summed E-state index contributed by atoms with van der Waals surface area (Å²) in [5.74, 6) is 0. The Morgan fingerprint density at radius 1 is 0.400 bits per heavy atom. The van der Waals surface area contributed by atoms with Crippen LogP contribution in [-0.2, 0) is 65.4 Å². The van der Waals surface area contributed by atoms with Crippen LogP contribution < -0.4 is 0 Å². The van der Waals surface area contributed by atoms with E-state index in [1.807, 2.05) is 141 Å². The molecule has 252 valence electrons. The molecule has 0 aliphatic heterocycles. The van der Waals surface area contributed by atoms with E-state index in [2.05, 4.69) is 86.3 Å². The molecule has 50 heavy (non-hydrogen) atoms. The van der Waals surface area contributed by atoms with Crippen molar-refractivity contribution in [2.75, 3.05) is 0 Å². The van der Waals surface area contributed by atoms with Crippen molar-refractivity contribution in [3.05, 3.63) is 146 Å². The Morgan fingerprint density at radius 3 is 1.02 bits per heavy atom. The van der Waals surface area contributed by atoms with Gasteiger partial charge in [0.05, 0.1) is 27.1 Å². The van der Waals surface area contributed by atoms with Gasteiger partial charge in [0, 0.05) is 77.8 Å². The fourth-order valence-electron chi connectivity index (χ4n) is 4.17. The standard InChI is InChI=1S/C34H20N2.4C2H6.2CH3B.2Y/c1-3-7-25(8-4-1)27-11-15-29(16-12-27)31-19-21-35-33(23-31)34-24-32(20-22-36-34)30-17-13-28(14-18-30)26-9-5-2-6-10-26;6*1-2;;/h1-7,9,11,13,15-24H;4*1-2H3;2*1H3;;/q-4;;;;;;;;. The van der Waals surface area contributed by atoms with Gasteiger partial charge in [0.2, 0.25) is 0 Å². The van der Waals surface area contributed by atoms with Crippen LogP contribution in [0.1, 0.15) is 55.4 Å². The minimum Gasteiger partial charge on any atom is -0.255 e. The minimum atomic E-state index is 0. The van der Waals surface area contributed by atoms with E-state index >= 15 is 0 Å². The predicted octanol–water partition coefficient (Wildman–Crippen LogP) is 12.5. The van der Waals surface area contributed by atoms with Crippen LogP contribution in [0.15, 0.2) is 122 Å². The van der Waals surface area contributed by atoms with Crippen LogP contribution in [0, 0.1) is 24.3 Å². The van der Waals surface area contributed by atoms with E-state index < -0.39 is 0 Å². The van der Waals surface area contributed by atoms with Gasteiger partial charge >= 0.3 is 0 Å². The summed E-state index contributed by atoms with van der Waals surface area (Å²) in [5.41, 5.74) is 10.1. The SMILES string of the molecule is CC.CC.CC.CC.[B]C.[B]C.[Y].[Y].[c-]1ccccc1-c1[c-]cc(-c2ccnc(-c3cc(-c4c[c-]c(-c5[c-]cccc5)cc4)ccn3)c2)cc1. The summed E-state index contributed by atoms with van der Waals surface area (Å²) in [6, 6.07) is 49.7. The summed E-state index contributed by atoms with van der Waals surface area (Å²) >= 11 is 0. The van der Waals surface area contributed by atoms with Gasteiger partial charge in [0.1, 0.15) is 0 Å². The molecular formula is C44H50B2N2Y2-4. The van der Waals surface area contributed by atoms with Gasteiger partial charge in [-0.1, -0.05) is 80.2 Å². The summed E-state index contributed by atoms with van der Waals surface area (Å²) in [6.45, 7) is 19.0. The van der Waals surface area contributed by atoms with Gasteiger partial charge < -0.3 is 0 Å². The molecule has 0 spiro atoms. The third kappa shape index (κ3) is 16.7. The second-order valence-corrected chi connectivity index (χ2v) is 8.39. The molecule has 2 nitrogen and oxygen atoms in total. The van der Waals surface area contributed by atoms with Gasteiger partial charge in [-0.2, -0.15) is 72.8 Å². The predicted molar refractivity (Wildman–Crippen MR) is 213 cm³/mol. The van der Waals surface area contributed by atoms with Gasteiger partial charge in [-0.25, -0.2) is 22.3 Å². The second-order valence-electron chi connectivity index (χ2n) is 8.39. The third-order valence-electron chi connectivity index (χ3n) is 6.07. The zero-order chi connectivity index (χ0) is 36.2. The molecule has 2 aromatic heterocycles. The average molecular weight is 806 g/mol. The molecule has 0 atom stereocenters. The largest absolute Gasteiger partial charge is 0.255 e. The first kappa shape index (κ1) is 51.9. The van der Waals surface area contributed by atoms with Gasteiger partial charge in [-0.15, -0.1) is 47.5 Å². The van der Waals surface area contributed by atoms with Crippen molar-refractivity contribution in [1.29, 1.82) is 0 Å². The van der Waals surface area contributed by atoms with E-state index in [0.717, 1.165) is 55.9 Å². The molecule has 0 amide bonds. The summed E-state index contributed by atoms with van der Waals surface area (Å²) in [7, 11) is 9.00. The summed E-state index contributed by atoms with van der Waals surface area (Å²) in [5, 5.41) is 0. The monoisotopic (exact) mass is 806 g/mol. The molecule has 6 heteroatoms. The van der Waals surface area contributed by atoms with Crippen molar-refractivity contribution in [1.82, 2.24) is 9.97 Å². The molecule has 6 radical (unpaired) electrons. The van der Waals surface area contributed by atoms with E-state index in [1.165, 1.54) is 13.6 Å². The van der Waals surface area contributed by atoms with Crippen LogP contribution in [0.25, 0.3) is 55.9 Å². The van der Waals surface area contributed by atoms with E-state index in [4.69, 9.17) is 0 Å². The van der Waals surface area contributed by atoms with E-state index in [1.54, 1.807) is 0 Å². The maximum Gasteiger partial charge on any atom is 0.0884 e. The fourth-order valence-corrected chi connectivity index (χ4v) is 4.17. The Kier molecular flexibility index (Phi) is 34.9. The average Bonchev–Trinajstić information content (AvgIpc) is 3.23. The molecular weight excluding hydrogens is 756 g/mol. The van der Waals surface area contributed by atoms with Crippen LogP contribution in [0.3, 0.4) is 0 Å². The number of benzene rings is 4. The van der Waals surface area contributed by atoms with Crippen LogP contribution in [0.4, 0.5) is 0 Å². The molecule has 0 bridgehead atoms. The topological polar surface area (TPSA) is 25.8 Å². The van der Waals surface area contributed by atoms with Crippen molar-refractivity contribution in [2.45, 2.75) is 69.0 Å². The molecule has 6 aromatic rings. The third-order valence-corrected chi connectivity index (χ3v) is 6.07. The second kappa shape index (κ2) is 33.6. The zero-order valence-corrected chi connectivity index (χ0v) is 37.4. The Labute approximate surface area is 358 Å². The number of pyridine rings is 2. The van der Waals surface area contributed by atoms with Crippen molar-refractivity contribution in [3.8, 4) is 55.9 Å². The molecule has 0 saturated carbocycles. The first-order chi connectivity index (χ1) is 23.8. The number of hydrogen-bond acceptors (Lipinski definition) is 2. The summed E-state index contributed by atoms with van der Waals surface area (Å²) < 4.78 is 0. The first-order valence-electron chi connectivity index (χ1n) is 16.9. The Hall–Kier alpha value is -2.48. The molecule has 0 aliphatic carbocycles. The number of hydrogen-bond donors (Lipinski definition) is 0. The quantitative estimate of drug-likeness (QED) is 0.128. The molecule has 0 N–H and O–H groups in total. The Bertz CT molecular complexity index is 1490. The van der Waals surface area contributed by atoms with Crippen molar-refractivity contribution in [3.63, 3.8) is 0 Å². The number of nitrogens with zero attached hydrogens (tertiary/aromatic N) is 2. The zero-order valence-electron chi connectivity index (χ0n) is 31.8. The Morgan fingerprint density at radius 2 is 0.740 bits per heavy atom. The van der Waals surface area contributed by atoms with E-state index in [0.29, 0.717) is 0 Å². The smallest absolute Gasteiger partial charge is 0.0884 e. The molecule has 4 aromatic carbocycles. The van der Waals surface area contributed by atoms with Crippen molar-refractivity contribution in [2.24, 2.45) is 0 Å². The van der Waals surface area contributed by atoms with Gasteiger partial charge in [0.25, 0.3) is 0 Å². The minimum absolute atomic E-state index is 0. The van der Waals surface area contributed by atoms with Crippen molar-refractivity contribution >= 4 is 15.7 Å². The molecule has 0 unspecified atom stereocenters. The van der Waals surface area contributed by atoms with E-state index in [-0.39, 0.29) is 65.4 Å². The van der Waals surface area contributed by atoms with E-state index in [9.17, 15) is 0 Å². The fraction of sp³-hybridized carbons (Fsp3) is 0.227. The van der Waals surface area contributed by atoms with Gasteiger partial charge in [-0.05, 0) is 24.3 Å². The van der Waals surface area contributed by atoms with Gasteiger partial charge in [-0.3, -0.25) is 9.97 Å².